The highest BCUT2D eigenvalue weighted by atomic mass is 16.5. The van der Waals surface area contributed by atoms with E-state index in [1.165, 1.54) is 0 Å². The van der Waals surface area contributed by atoms with Gasteiger partial charge >= 0.3 is 0 Å². The fraction of sp³-hybridized carbons (Fsp3) is 0.263. The van der Waals surface area contributed by atoms with E-state index in [2.05, 4.69) is 21.7 Å². The van der Waals surface area contributed by atoms with Crippen molar-refractivity contribution in [3.8, 4) is 0 Å². The molecule has 0 aliphatic carbocycles. The number of aryl methyl sites for hydroxylation is 2. The van der Waals surface area contributed by atoms with Gasteiger partial charge in [-0.05, 0) is 60.4 Å². The second-order valence-corrected chi connectivity index (χ2v) is 12.1. The molecule has 1 fully saturated rings. The number of nitrogens with one attached hydrogen (secondary N) is 2. The summed E-state index contributed by atoms with van der Waals surface area (Å²) in [4.78, 5) is 45.8. The van der Waals surface area contributed by atoms with Crippen molar-refractivity contribution in [2.75, 3.05) is 44.0 Å². The van der Waals surface area contributed by atoms with Crippen molar-refractivity contribution < 1.29 is 23.9 Å². The first kappa shape index (κ1) is 33.4. The Labute approximate surface area is 285 Å². The van der Waals surface area contributed by atoms with Gasteiger partial charge in [0.05, 0.1) is 36.2 Å². The van der Waals surface area contributed by atoms with Crippen molar-refractivity contribution in [2.24, 2.45) is 14.1 Å². The van der Waals surface area contributed by atoms with Crippen molar-refractivity contribution in [3.05, 3.63) is 113 Å². The van der Waals surface area contributed by atoms with Gasteiger partial charge in [-0.25, -0.2) is 0 Å². The molecule has 3 aromatic heterocycles. The molecule has 11 nitrogen and oxygen atoms in total. The van der Waals surface area contributed by atoms with Crippen LogP contribution >= 0.6 is 0 Å². The number of piperidine rings is 1. The molecule has 11 heteroatoms. The van der Waals surface area contributed by atoms with E-state index in [9.17, 15) is 14.4 Å². The van der Waals surface area contributed by atoms with E-state index < -0.39 is 0 Å². The van der Waals surface area contributed by atoms with E-state index in [-0.39, 0.29) is 23.8 Å². The van der Waals surface area contributed by atoms with Gasteiger partial charge in [-0.1, -0.05) is 42.5 Å². The Kier molecular flexibility index (Phi) is 10.3. The summed E-state index contributed by atoms with van der Waals surface area (Å²) in [5.41, 5.74) is 5.21. The van der Waals surface area contributed by atoms with Crippen LogP contribution in [0.4, 0.5) is 11.4 Å². The SMILES string of the molecule is COCCOC1CCN(C(=O)c2cc(NC(=O)c3cc(NC(=O)c4ccc(/C=C/c5cnc6ccccc6c5)cc4)cn3C)cn2C)CC1. The summed E-state index contributed by atoms with van der Waals surface area (Å²) in [6, 6.07) is 20.6. The van der Waals surface area contributed by atoms with Gasteiger partial charge in [0.1, 0.15) is 11.4 Å². The first-order chi connectivity index (χ1) is 23.8. The van der Waals surface area contributed by atoms with Crippen LogP contribution in [0.1, 0.15) is 55.3 Å². The Bertz CT molecular complexity index is 1990. The molecular formula is C38H40N6O5. The Morgan fingerprint density at radius 3 is 2.20 bits per heavy atom. The van der Waals surface area contributed by atoms with E-state index in [4.69, 9.17) is 9.47 Å². The maximum absolute atomic E-state index is 13.3. The third-order valence-corrected chi connectivity index (χ3v) is 8.60. The van der Waals surface area contributed by atoms with Crippen LogP contribution in [0.15, 0.2) is 85.3 Å². The second-order valence-electron chi connectivity index (χ2n) is 12.1. The molecule has 4 heterocycles. The number of fused-ring (bicyclic) bond motifs is 1. The third-order valence-electron chi connectivity index (χ3n) is 8.60. The molecule has 0 spiro atoms. The molecule has 3 amide bonds. The highest BCUT2D eigenvalue weighted by molar-refractivity contribution is 6.07. The van der Waals surface area contributed by atoms with Crippen molar-refractivity contribution in [1.29, 1.82) is 0 Å². The molecular weight excluding hydrogens is 620 g/mol. The number of rotatable bonds is 11. The lowest BCUT2D eigenvalue weighted by molar-refractivity contribution is -0.0124. The van der Waals surface area contributed by atoms with Gasteiger partial charge < -0.3 is 34.1 Å². The lowest BCUT2D eigenvalue weighted by Crippen LogP contribution is -2.41. The van der Waals surface area contributed by atoms with Gasteiger partial charge in [0.25, 0.3) is 17.7 Å². The van der Waals surface area contributed by atoms with E-state index in [1.54, 1.807) is 67.0 Å². The van der Waals surface area contributed by atoms with Crippen LogP contribution < -0.4 is 10.6 Å². The fourth-order valence-electron chi connectivity index (χ4n) is 5.91. The molecule has 49 heavy (non-hydrogen) atoms. The topological polar surface area (TPSA) is 120 Å². The fourth-order valence-corrected chi connectivity index (χ4v) is 5.91. The number of carbonyl (C=O) groups is 3. The number of hydrogen-bond acceptors (Lipinski definition) is 6. The number of likely N-dealkylation sites (tertiary alicyclic amines) is 1. The number of carbonyl (C=O) groups excluding carboxylic acids is 3. The summed E-state index contributed by atoms with van der Waals surface area (Å²) in [5.74, 6) is -0.739. The molecule has 0 saturated carbocycles. The van der Waals surface area contributed by atoms with Crippen LogP contribution in [-0.2, 0) is 23.6 Å². The predicted octanol–water partition coefficient (Wildman–Crippen LogP) is 5.85. The maximum Gasteiger partial charge on any atom is 0.272 e. The third kappa shape index (κ3) is 8.14. The average molecular weight is 661 g/mol. The van der Waals surface area contributed by atoms with E-state index >= 15 is 0 Å². The van der Waals surface area contributed by atoms with Crippen LogP contribution in [0.3, 0.4) is 0 Å². The maximum atomic E-state index is 13.3. The summed E-state index contributed by atoms with van der Waals surface area (Å²) in [6.45, 7) is 2.30. The Morgan fingerprint density at radius 2 is 1.47 bits per heavy atom. The summed E-state index contributed by atoms with van der Waals surface area (Å²) in [7, 11) is 5.16. The lowest BCUT2D eigenvalue weighted by Gasteiger charge is -2.32. The van der Waals surface area contributed by atoms with Crippen LogP contribution in [0, 0.1) is 0 Å². The number of benzene rings is 2. The monoisotopic (exact) mass is 660 g/mol. The molecule has 2 N–H and O–H groups in total. The van der Waals surface area contributed by atoms with Gasteiger partial charge in [0, 0.05) is 63.8 Å². The minimum Gasteiger partial charge on any atom is -0.382 e. The van der Waals surface area contributed by atoms with Gasteiger partial charge in [-0.3, -0.25) is 19.4 Å². The van der Waals surface area contributed by atoms with E-state index in [0.29, 0.717) is 54.6 Å². The number of para-hydroxylation sites is 1. The minimum absolute atomic E-state index is 0.0894. The van der Waals surface area contributed by atoms with Gasteiger partial charge in [0.2, 0.25) is 0 Å². The van der Waals surface area contributed by atoms with Crippen molar-refractivity contribution in [1.82, 2.24) is 19.0 Å². The minimum atomic E-state index is -0.362. The zero-order chi connectivity index (χ0) is 34.3. The van der Waals surface area contributed by atoms with Crippen LogP contribution in [0.2, 0.25) is 0 Å². The summed E-state index contributed by atoms with van der Waals surface area (Å²) >= 11 is 0. The number of ether oxygens (including phenoxy) is 2. The largest absolute Gasteiger partial charge is 0.382 e. The quantitative estimate of drug-likeness (QED) is 0.172. The average Bonchev–Trinajstić information content (AvgIpc) is 3.67. The molecule has 252 valence electrons. The molecule has 1 saturated heterocycles. The normalized spacial score (nSPS) is 13.7. The number of amides is 3. The van der Waals surface area contributed by atoms with E-state index in [1.807, 2.05) is 59.6 Å². The standard InChI is InChI=1S/C38H40N6O5/c1-42-24-30(40-36(45)28-12-10-26(11-13-28)8-9-27-20-29-6-4-5-7-33(29)39-23-27)21-34(42)37(46)41-31-22-35(43(2)25-31)38(47)44-16-14-32(15-17-44)49-19-18-48-3/h4-13,20-25,32H,14-19H2,1-3H3,(H,40,45)(H,41,46)/b9-8+. The number of pyridine rings is 1. The molecule has 0 radical (unpaired) electrons. The van der Waals surface area contributed by atoms with Crippen LogP contribution in [-0.4, -0.2) is 76.3 Å². The highest BCUT2D eigenvalue weighted by Crippen LogP contribution is 2.22. The number of methoxy groups -OCH3 is 1. The Morgan fingerprint density at radius 1 is 0.816 bits per heavy atom. The molecule has 2 aromatic carbocycles. The smallest absolute Gasteiger partial charge is 0.272 e. The summed E-state index contributed by atoms with van der Waals surface area (Å²) in [5, 5.41) is 6.84. The van der Waals surface area contributed by atoms with Crippen molar-refractivity contribution in [2.45, 2.75) is 18.9 Å². The summed E-state index contributed by atoms with van der Waals surface area (Å²) < 4.78 is 14.2. The zero-order valence-corrected chi connectivity index (χ0v) is 27.9. The first-order valence-electron chi connectivity index (χ1n) is 16.3. The molecule has 0 atom stereocenters. The molecule has 0 bridgehead atoms. The van der Waals surface area contributed by atoms with Gasteiger partial charge in [-0.15, -0.1) is 0 Å². The number of hydrogen-bond donors (Lipinski definition) is 2. The van der Waals surface area contributed by atoms with Crippen LogP contribution in [0.25, 0.3) is 23.1 Å². The Balaban J connectivity index is 1.03. The van der Waals surface area contributed by atoms with Gasteiger partial charge in [-0.2, -0.15) is 0 Å². The molecule has 0 unspecified atom stereocenters. The Hall–Kier alpha value is -5.52. The molecule has 1 aliphatic heterocycles. The number of nitrogens with zero attached hydrogens (tertiary/aromatic N) is 4. The van der Waals surface area contributed by atoms with Crippen molar-refractivity contribution in [3.63, 3.8) is 0 Å². The van der Waals surface area contributed by atoms with E-state index in [0.717, 1.165) is 34.9 Å². The number of aromatic nitrogens is 3. The lowest BCUT2D eigenvalue weighted by atomic mass is 10.1. The van der Waals surface area contributed by atoms with Gasteiger partial charge in [0.15, 0.2) is 0 Å². The first-order valence-corrected chi connectivity index (χ1v) is 16.3. The molecule has 6 rings (SSSR count). The van der Waals surface area contributed by atoms with Crippen LogP contribution in [0.5, 0.6) is 0 Å². The van der Waals surface area contributed by atoms with Crippen molar-refractivity contribution >= 4 is 52.2 Å². The number of anilines is 2. The zero-order valence-electron chi connectivity index (χ0n) is 27.9. The highest BCUT2D eigenvalue weighted by Gasteiger charge is 2.26. The molecule has 5 aromatic rings. The molecule has 1 aliphatic rings. The predicted molar refractivity (Wildman–Crippen MR) is 191 cm³/mol. The second kappa shape index (κ2) is 15.1. The summed E-state index contributed by atoms with van der Waals surface area (Å²) in [6.07, 6.45) is 10.9.